The van der Waals surface area contributed by atoms with E-state index in [1.165, 1.54) is 24.3 Å². The van der Waals surface area contributed by atoms with E-state index in [-0.39, 0.29) is 11.3 Å². The first kappa shape index (κ1) is 12.0. The fourth-order valence-electron chi connectivity index (χ4n) is 1.58. The first-order valence-corrected chi connectivity index (χ1v) is 5.49. The Morgan fingerprint density at radius 3 is 2.33 bits per heavy atom. The van der Waals surface area contributed by atoms with Crippen molar-refractivity contribution in [2.24, 2.45) is 5.73 Å². The maximum absolute atomic E-state index is 13.0. The van der Waals surface area contributed by atoms with Crippen LogP contribution in [0.3, 0.4) is 0 Å². The third kappa shape index (κ3) is 2.83. The maximum Gasteiger partial charge on any atom is 0.188 e. The van der Waals surface area contributed by atoms with Crippen LogP contribution in [0.1, 0.15) is 15.9 Å². The highest BCUT2D eigenvalue weighted by atomic mass is 19.1. The molecule has 18 heavy (non-hydrogen) atoms. The Labute approximate surface area is 105 Å². The zero-order chi connectivity index (χ0) is 13.0. The number of nitrogens with two attached hydrogens (primary N) is 1. The van der Waals surface area contributed by atoms with Gasteiger partial charge in [0, 0.05) is 17.3 Å². The summed E-state index contributed by atoms with van der Waals surface area (Å²) in [5.74, 6) is -0.747. The van der Waals surface area contributed by atoms with Gasteiger partial charge >= 0.3 is 0 Å². The van der Waals surface area contributed by atoms with Crippen molar-refractivity contribution in [2.45, 2.75) is 0 Å². The van der Waals surface area contributed by atoms with Gasteiger partial charge in [-0.15, -0.1) is 0 Å². The summed E-state index contributed by atoms with van der Waals surface area (Å²) in [5.41, 5.74) is 7.24. The molecule has 0 amide bonds. The SMILES string of the molecule is N/C(=C\C(=O)c1cccc(F)c1)c1ccccc1. The summed E-state index contributed by atoms with van der Waals surface area (Å²) in [6.07, 6.45) is 1.31. The van der Waals surface area contributed by atoms with Crippen LogP contribution < -0.4 is 5.73 Å². The van der Waals surface area contributed by atoms with E-state index in [0.29, 0.717) is 5.70 Å². The molecule has 0 atom stereocenters. The minimum atomic E-state index is -0.437. The molecule has 2 aromatic rings. The number of carbonyl (C=O) groups excluding carboxylic acids is 1. The topological polar surface area (TPSA) is 43.1 Å². The fraction of sp³-hybridized carbons (Fsp3) is 0. The second kappa shape index (κ2) is 5.27. The minimum absolute atomic E-state index is 0.286. The lowest BCUT2D eigenvalue weighted by molar-refractivity contribution is 0.104. The molecule has 90 valence electrons. The van der Waals surface area contributed by atoms with Crippen LogP contribution >= 0.6 is 0 Å². The normalized spacial score (nSPS) is 11.3. The van der Waals surface area contributed by atoms with Crippen molar-refractivity contribution in [2.75, 3.05) is 0 Å². The molecule has 2 rings (SSSR count). The molecule has 0 bridgehead atoms. The van der Waals surface area contributed by atoms with E-state index in [9.17, 15) is 9.18 Å². The molecule has 2 nitrogen and oxygen atoms in total. The number of ketones is 1. The van der Waals surface area contributed by atoms with Gasteiger partial charge in [0.1, 0.15) is 5.82 Å². The molecule has 0 unspecified atom stereocenters. The van der Waals surface area contributed by atoms with E-state index in [2.05, 4.69) is 0 Å². The zero-order valence-corrected chi connectivity index (χ0v) is 9.64. The molecule has 2 aromatic carbocycles. The molecule has 0 aromatic heterocycles. The number of carbonyl (C=O) groups is 1. The highest BCUT2D eigenvalue weighted by Crippen LogP contribution is 2.11. The van der Waals surface area contributed by atoms with Crippen molar-refractivity contribution in [3.63, 3.8) is 0 Å². The fourth-order valence-corrected chi connectivity index (χ4v) is 1.58. The number of benzene rings is 2. The molecule has 0 heterocycles. The Balaban J connectivity index is 2.26. The largest absolute Gasteiger partial charge is 0.398 e. The van der Waals surface area contributed by atoms with Crippen LogP contribution in [0.5, 0.6) is 0 Å². The predicted octanol–water partition coefficient (Wildman–Crippen LogP) is 3.01. The van der Waals surface area contributed by atoms with E-state index in [1.807, 2.05) is 30.3 Å². The summed E-state index contributed by atoms with van der Waals surface area (Å²) >= 11 is 0. The average molecular weight is 241 g/mol. The van der Waals surface area contributed by atoms with Crippen molar-refractivity contribution < 1.29 is 9.18 Å². The molecule has 0 saturated heterocycles. The van der Waals surface area contributed by atoms with Gasteiger partial charge in [0.05, 0.1) is 0 Å². The van der Waals surface area contributed by atoms with E-state index < -0.39 is 5.82 Å². The number of hydrogen-bond acceptors (Lipinski definition) is 2. The lowest BCUT2D eigenvalue weighted by Crippen LogP contribution is -2.02. The highest BCUT2D eigenvalue weighted by Gasteiger charge is 2.05. The Morgan fingerprint density at radius 2 is 1.67 bits per heavy atom. The Hall–Kier alpha value is -2.42. The summed E-state index contributed by atoms with van der Waals surface area (Å²) in [4.78, 5) is 11.9. The standard InChI is InChI=1S/C15H12FNO/c16-13-8-4-7-12(9-13)15(18)10-14(17)11-5-2-1-3-6-11/h1-10H,17H2/b14-10-. The molecular weight excluding hydrogens is 229 g/mol. The van der Waals surface area contributed by atoms with Crippen LogP contribution in [0.2, 0.25) is 0 Å². The Kier molecular flexibility index (Phi) is 3.53. The second-order valence-corrected chi connectivity index (χ2v) is 3.84. The summed E-state index contributed by atoms with van der Waals surface area (Å²) < 4.78 is 13.0. The van der Waals surface area contributed by atoms with Crippen molar-refractivity contribution in [3.8, 4) is 0 Å². The number of allylic oxidation sites excluding steroid dienone is 1. The van der Waals surface area contributed by atoms with E-state index >= 15 is 0 Å². The molecular formula is C15H12FNO. The van der Waals surface area contributed by atoms with Crippen LogP contribution in [0.15, 0.2) is 60.7 Å². The van der Waals surface area contributed by atoms with Crippen LogP contribution in [-0.4, -0.2) is 5.78 Å². The first-order valence-electron chi connectivity index (χ1n) is 5.49. The van der Waals surface area contributed by atoms with E-state index in [4.69, 9.17) is 5.73 Å². The van der Waals surface area contributed by atoms with Gasteiger partial charge in [-0.05, 0) is 17.7 Å². The van der Waals surface area contributed by atoms with Crippen LogP contribution in [-0.2, 0) is 0 Å². The smallest absolute Gasteiger partial charge is 0.188 e. The summed E-state index contributed by atoms with van der Waals surface area (Å²) in [5, 5.41) is 0. The van der Waals surface area contributed by atoms with Crippen LogP contribution in [0.4, 0.5) is 4.39 Å². The lowest BCUT2D eigenvalue weighted by atomic mass is 10.1. The highest BCUT2D eigenvalue weighted by molar-refractivity contribution is 6.08. The zero-order valence-electron chi connectivity index (χ0n) is 9.64. The Morgan fingerprint density at radius 1 is 1.00 bits per heavy atom. The van der Waals surface area contributed by atoms with Gasteiger partial charge in [-0.3, -0.25) is 4.79 Å². The maximum atomic E-state index is 13.0. The van der Waals surface area contributed by atoms with Crippen LogP contribution in [0, 0.1) is 5.82 Å². The summed E-state index contributed by atoms with van der Waals surface area (Å²) in [6.45, 7) is 0. The van der Waals surface area contributed by atoms with Gasteiger partial charge < -0.3 is 5.73 Å². The molecule has 0 fully saturated rings. The monoisotopic (exact) mass is 241 g/mol. The summed E-state index contributed by atoms with van der Waals surface area (Å²) in [7, 11) is 0. The second-order valence-electron chi connectivity index (χ2n) is 3.84. The first-order chi connectivity index (χ1) is 8.66. The molecule has 0 aliphatic carbocycles. The van der Waals surface area contributed by atoms with Crippen molar-refractivity contribution in [1.82, 2.24) is 0 Å². The molecule has 0 aliphatic rings. The van der Waals surface area contributed by atoms with Gasteiger partial charge in [0.2, 0.25) is 0 Å². The molecule has 0 aliphatic heterocycles. The van der Waals surface area contributed by atoms with Crippen LogP contribution in [0.25, 0.3) is 5.70 Å². The van der Waals surface area contributed by atoms with Crippen molar-refractivity contribution in [1.29, 1.82) is 0 Å². The van der Waals surface area contributed by atoms with Gasteiger partial charge in [-0.1, -0.05) is 42.5 Å². The molecule has 3 heteroatoms. The molecule has 0 spiro atoms. The number of halogens is 1. The molecule has 0 saturated carbocycles. The van der Waals surface area contributed by atoms with Gasteiger partial charge in [0.15, 0.2) is 5.78 Å². The molecule has 2 N–H and O–H groups in total. The third-order valence-electron chi connectivity index (χ3n) is 2.50. The van der Waals surface area contributed by atoms with Crippen molar-refractivity contribution in [3.05, 3.63) is 77.6 Å². The van der Waals surface area contributed by atoms with Gasteiger partial charge in [-0.2, -0.15) is 0 Å². The Bertz CT molecular complexity index is 590. The van der Waals surface area contributed by atoms with E-state index in [1.54, 1.807) is 6.07 Å². The number of rotatable bonds is 3. The predicted molar refractivity (Wildman–Crippen MR) is 69.3 cm³/mol. The van der Waals surface area contributed by atoms with Crippen molar-refractivity contribution >= 4 is 11.5 Å². The summed E-state index contributed by atoms with van der Waals surface area (Å²) in [6, 6.07) is 14.7. The lowest BCUT2D eigenvalue weighted by Gasteiger charge is -2.01. The quantitative estimate of drug-likeness (QED) is 0.663. The number of hydrogen-bond donors (Lipinski definition) is 1. The van der Waals surface area contributed by atoms with Gasteiger partial charge in [-0.25, -0.2) is 4.39 Å². The average Bonchev–Trinajstić information content (AvgIpc) is 2.39. The van der Waals surface area contributed by atoms with Gasteiger partial charge in [0.25, 0.3) is 0 Å². The van der Waals surface area contributed by atoms with E-state index in [0.717, 1.165) is 5.56 Å². The molecule has 0 radical (unpaired) electrons. The third-order valence-corrected chi connectivity index (χ3v) is 2.50. The minimum Gasteiger partial charge on any atom is -0.398 e.